The van der Waals surface area contributed by atoms with E-state index in [2.05, 4.69) is 5.16 Å². The largest absolute Gasteiger partial charge is 0.508 e. The molecule has 0 aliphatic rings. The first-order valence-corrected chi connectivity index (χ1v) is 6.12. The molecule has 0 saturated carbocycles. The number of nitrogens with two attached hydrogens (primary N) is 1. The van der Waals surface area contributed by atoms with Crippen molar-refractivity contribution in [2.24, 2.45) is 10.9 Å². The van der Waals surface area contributed by atoms with E-state index in [9.17, 15) is 9.90 Å². The summed E-state index contributed by atoms with van der Waals surface area (Å²) in [5.41, 5.74) is 5.86. The second-order valence-corrected chi connectivity index (χ2v) is 4.17. The summed E-state index contributed by atoms with van der Waals surface area (Å²) in [6, 6.07) is 5.98. The van der Waals surface area contributed by atoms with Crippen LogP contribution in [0.25, 0.3) is 0 Å². The maximum absolute atomic E-state index is 12.3. The number of carbonyl (C=O) groups excluding carboxylic acids is 1. The average Bonchev–Trinajstić information content (AvgIpc) is 2.47. The Balaban J connectivity index is 2.75. The standard InChI is InChI=1S/C13H19N3O4/c1-20-9-8-16(7-6-12(14)15-19)13(18)10-2-4-11(17)5-3-10/h2-5,17,19H,6-9H2,1H3,(H2,14,15). The van der Waals surface area contributed by atoms with Gasteiger partial charge in [-0.25, -0.2) is 0 Å². The number of amidine groups is 1. The predicted octanol–water partition coefficient (Wildman–Crippen LogP) is 0.617. The highest BCUT2D eigenvalue weighted by Gasteiger charge is 2.15. The van der Waals surface area contributed by atoms with Crippen molar-refractivity contribution in [2.75, 3.05) is 26.8 Å². The van der Waals surface area contributed by atoms with E-state index in [4.69, 9.17) is 15.7 Å². The summed E-state index contributed by atoms with van der Waals surface area (Å²) in [7, 11) is 1.55. The number of phenolic OH excluding ortho intramolecular Hbond substituents is 1. The van der Waals surface area contributed by atoms with Crippen LogP contribution in [-0.2, 0) is 4.74 Å². The monoisotopic (exact) mass is 281 g/mol. The lowest BCUT2D eigenvalue weighted by Gasteiger charge is -2.22. The van der Waals surface area contributed by atoms with Gasteiger partial charge < -0.3 is 25.7 Å². The third-order valence-electron chi connectivity index (χ3n) is 2.73. The van der Waals surface area contributed by atoms with Gasteiger partial charge in [0.1, 0.15) is 11.6 Å². The number of carbonyl (C=O) groups is 1. The van der Waals surface area contributed by atoms with Gasteiger partial charge in [0.25, 0.3) is 5.91 Å². The van der Waals surface area contributed by atoms with Crippen LogP contribution in [0.4, 0.5) is 0 Å². The van der Waals surface area contributed by atoms with Crippen LogP contribution >= 0.6 is 0 Å². The number of ether oxygens (including phenoxy) is 1. The van der Waals surface area contributed by atoms with Crippen LogP contribution in [0.15, 0.2) is 29.4 Å². The smallest absolute Gasteiger partial charge is 0.253 e. The number of methoxy groups -OCH3 is 1. The molecule has 0 atom stereocenters. The van der Waals surface area contributed by atoms with E-state index in [1.807, 2.05) is 0 Å². The average molecular weight is 281 g/mol. The Morgan fingerprint density at radius 3 is 2.55 bits per heavy atom. The molecule has 1 amide bonds. The molecule has 0 aliphatic heterocycles. The molecule has 0 aliphatic carbocycles. The molecule has 0 fully saturated rings. The molecule has 0 bridgehead atoms. The van der Waals surface area contributed by atoms with Crippen molar-refractivity contribution >= 4 is 11.7 Å². The molecular formula is C13H19N3O4. The van der Waals surface area contributed by atoms with Gasteiger partial charge in [0.05, 0.1) is 6.61 Å². The van der Waals surface area contributed by atoms with Crippen LogP contribution in [-0.4, -0.2) is 53.8 Å². The highest BCUT2D eigenvalue weighted by Crippen LogP contribution is 2.12. The Morgan fingerprint density at radius 2 is 2.00 bits per heavy atom. The van der Waals surface area contributed by atoms with Gasteiger partial charge in [-0.3, -0.25) is 4.79 Å². The SMILES string of the molecule is COCCN(CCC(N)=NO)C(=O)c1ccc(O)cc1. The third-order valence-corrected chi connectivity index (χ3v) is 2.73. The molecule has 7 heteroatoms. The first-order valence-electron chi connectivity index (χ1n) is 6.12. The molecule has 4 N–H and O–H groups in total. The molecule has 20 heavy (non-hydrogen) atoms. The number of hydrogen-bond acceptors (Lipinski definition) is 5. The van der Waals surface area contributed by atoms with Gasteiger partial charge in [-0.05, 0) is 24.3 Å². The molecule has 1 rings (SSSR count). The summed E-state index contributed by atoms with van der Waals surface area (Å²) >= 11 is 0. The highest BCUT2D eigenvalue weighted by atomic mass is 16.5. The first kappa shape index (κ1) is 15.8. The maximum Gasteiger partial charge on any atom is 0.253 e. The van der Waals surface area contributed by atoms with Crippen molar-refractivity contribution in [3.63, 3.8) is 0 Å². The lowest BCUT2D eigenvalue weighted by molar-refractivity contribution is 0.0700. The lowest BCUT2D eigenvalue weighted by Crippen LogP contribution is -2.36. The van der Waals surface area contributed by atoms with E-state index in [1.165, 1.54) is 12.1 Å². The van der Waals surface area contributed by atoms with Crippen LogP contribution in [0.2, 0.25) is 0 Å². The van der Waals surface area contributed by atoms with Crippen molar-refractivity contribution < 1.29 is 19.8 Å². The van der Waals surface area contributed by atoms with Crippen molar-refractivity contribution in [1.29, 1.82) is 0 Å². The molecular weight excluding hydrogens is 262 g/mol. The van der Waals surface area contributed by atoms with E-state index >= 15 is 0 Å². The summed E-state index contributed by atoms with van der Waals surface area (Å²) in [6.07, 6.45) is 0.268. The van der Waals surface area contributed by atoms with Gasteiger partial charge >= 0.3 is 0 Å². The fourth-order valence-electron chi connectivity index (χ4n) is 1.60. The molecule has 0 spiro atoms. The second-order valence-electron chi connectivity index (χ2n) is 4.17. The number of rotatable bonds is 7. The molecule has 7 nitrogen and oxygen atoms in total. The molecule has 1 aromatic carbocycles. The highest BCUT2D eigenvalue weighted by molar-refractivity contribution is 5.94. The number of aromatic hydroxyl groups is 1. The molecule has 0 saturated heterocycles. The minimum Gasteiger partial charge on any atom is -0.508 e. The minimum absolute atomic E-state index is 0.0610. The van der Waals surface area contributed by atoms with Gasteiger partial charge in [-0.2, -0.15) is 0 Å². The molecule has 0 unspecified atom stereocenters. The Kier molecular flexibility index (Phi) is 6.31. The third kappa shape index (κ3) is 4.77. The van der Waals surface area contributed by atoms with Gasteiger partial charge in [0, 0.05) is 32.2 Å². The number of hydrogen-bond donors (Lipinski definition) is 3. The predicted molar refractivity (Wildman–Crippen MR) is 73.9 cm³/mol. The minimum atomic E-state index is -0.201. The number of amides is 1. The fraction of sp³-hybridized carbons (Fsp3) is 0.385. The van der Waals surface area contributed by atoms with Gasteiger partial charge in [-0.1, -0.05) is 5.16 Å². The number of benzene rings is 1. The molecule has 110 valence electrons. The zero-order valence-electron chi connectivity index (χ0n) is 11.3. The van der Waals surface area contributed by atoms with Gasteiger partial charge in [-0.15, -0.1) is 0 Å². The summed E-state index contributed by atoms with van der Waals surface area (Å²) in [5.74, 6) is -0.0413. The van der Waals surface area contributed by atoms with E-state index in [1.54, 1.807) is 24.1 Å². The molecule has 0 aromatic heterocycles. The summed E-state index contributed by atoms with van der Waals surface area (Å²) < 4.78 is 4.97. The fourth-order valence-corrected chi connectivity index (χ4v) is 1.60. The zero-order valence-corrected chi connectivity index (χ0v) is 11.3. The topological polar surface area (TPSA) is 108 Å². The summed E-state index contributed by atoms with van der Waals surface area (Å²) in [6.45, 7) is 1.11. The summed E-state index contributed by atoms with van der Waals surface area (Å²) in [4.78, 5) is 13.9. The number of phenols is 1. The quantitative estimate of drug-likeness (QED) is 0.294. The Hall–Kier alpha value is -2.28. The van der Waals surface area contributed by atoms with Gasteiger partial charge in [0.2, 0.25) is 0 Å². The van der Waals surface area contributed by atoms with Crippen LogP contribution in [0.1, 0.15) is 16.8 Å². The Bertz CT molecular complexity index is 459. The van der Waals surface area contributed by atoms with Crippen molar-refractivity contribution in [3.8, 4) is 5.75 Å². The second kappa shape index (κ2) is 8.00. The van der Waals surface area contributed by atoms with Crippen LogP contribution < -0.4 is 5.73 Å². The number of oxime groups is 1. The van der Waals surface area contributed by atoms with Crippen molar-refractivity contribution in [1.82, 2.24) is 4.90 Å². The van der Waals surface area contributed by atoms with Crippen molar-refractivity contribution in [2.45, 2.75) is 6.42 Å². The van der Waals surface area contributed by atoms with E-state index in [0.29, 0.717) is 25.3 Å². The van der Waals surface area contributed by atoms with E-state index < -0.39 is 0 Å². The Morgan fingerprint density at radius 1 is 1.35 bits per heavy atom. The molecule has 0 heterocycles. The van der Waals surface area contributed by atoms with E-state index in [0.717, 1.165) is 0 Å². The molecule has 0 radical (unpaired) electrons. The van der Waals surface area contributed by atoms with Crippen LogP contribution in [0.5, 0.6) is 5.75 Å². The normalized spacial score (nSPS) is 11.3. The number of nitrogens with zero attached hydrogens (tertiary/aromatic N) is 2. The van der Waals surface area contributed by atoms with Crippen LogP contribution in [0.3, 0.4) is 0 Å². The lowest BCUT2D eigenvalue weighted by atomic mass is 10.2. The first-order chi connectivity index (χ1) is 9.58. The Labute approximate surface area is 117 Å². The van der Waals surface area contributed by atoms with Crippen molar-refractivity contribution in [3.05, 3.63) is 29.8 Å². The van der Waals surface area contributed by atoms with Gasteiger partial charge in [0.15, 0.2) is 0 Å². The van der Waals surface area contributed by atoms with Crippen LogP contribution in [0, 0.1) is 0 Å². The zero-order chi connectivity index (χ0) is 15.0. The maximum atomic E-state index is 12.3. The molecule has 1 aromatic rings. The summed E-state index contributed by atoms with van der Waals surface area (Å²) in [5, 5.41) is 20.6. The van der Waals surface area contributed by atoms with E-state index in [-0.39, 0.29) is 23.9 Å².